The third-order valence-electron chi connectivity index (χ3n) is 2.99. The zero-order valence-corrected chi connectivity index (χ0v) is 11.9. The van der Waals surface area contributed by atoms with Gasteiger partial charge in [0.2, 0.25) is 5.91 Å². The van der Waals surface area contributed by atoms with Gasteiger partial charge in [0.1, 0.15) is 0 Å². The van der Waals surface area contributed by atoms with Gasteiger partial charge >= 0.3 is 0 Å². The normalized spacial score (nSPS) is 11.9. The number of nitrogens with one attached hydrogen (secondary N) is 1. The molecular weight excluding hydrogens is 274 g/mol. The molecule has 1 amide bonds. The molecule has 0 spiro atoms. The van der Waals surface area contributed by atoms with Crippen molar-refractivity contribution in [3.05, 3.63) is 58.9 Å². The molecule has 4 nitrogen and oxygen atoms in total. The van der Waals surface area contributed by atoms with Crippen LogP contribution >= 0.6 is 11.6 Å². The second-order valence-corrected chi connectivity index (χ2v) is 4.90. The smallest absolute Gasteiger partial charge is 0.233 e. The zero-order chi connectivity index (χ0) is 14.5. The molecule has 5 heteroatoms. The fourth-order valence-electron chi connectivity index (χ4n) is 1.94. The van der Waals surface area contributed by atoms with E-state index in [4.69, 9.17) is 17.3 Å². The molecule has 1 aromatic carbocycles. The van der Waals surface area contributed by atoms with Crippen molar-refractivity contribution >= 4 is 23.2 Å². The van der Waals surface area contributed by atoms with Gasteiger partial charge in [-0.3, -0.25) is 4.79 Å². The minimum Gasteiger partial charge on any atom is -0.329 e. The molecule has 0 aliphatic rings. The molecule has 0 saturated carbocycles. The van der Waals surface area contributed by atoms with Gasteiger partial charge in [0.25, 0.3) is 0 Å². The predicted molar refractivity (Wildman–Crippen MR) is 80.9 cm³/mol. The number of aryl methyl sites for hydroxylation is 1. The van der Waals surface area contributed by atoms with E-state index in [1.54, 1.807) is 12.3 Å². The Morgan fingerprint density at radius 3 is 2.75 bits per heavy atom. The number of hydrogen-bond acceptors (Lipinski definition) is 3. The van der Waals surface area contributed by atoms with Crippen molar-refractivity contribution in [1.82, 2.24) is 4.98 Å². The molecule has 0 aliphatic heterocycles. The molecule has 1 heterocycles. The number of nitrogens with zero attached hydrogens (tertiary/aromatic N) is 1. The first kappa shape index (κ1) is 14.5. The molecule has 2 rings (SSSR count). The number of carbonyl (C=O) groups excluding carboxylic acids is 1. The lowest BCUT2D eigenvalue weighted by Crippen LogP contribution is -2.27. The summed E-state index contributed by atoms with van der Waals surface area (Å²) in [7, 11) is 0. The molecule has 3 N–H and O–H groups in total. The van der Waals surface area contributed by atoms with Crippen LogP contribution in [0.25, 0.3) is 0 Å². The molecule has 0 aliphatic carbocycles. The van der Waals surface area contributed by atoms with E-state index in [0.29, 0.717) is 5.69 Å². The lowest BCUT2D eigenvalue weighted by molar-refractivity contribution is -0.117. The highest BCUT2D eigenvalue weighted by Crippen LogP contribution is 2.22. The number of rotatable bonds is 4. The summed E-state index contributed by atoms with van der Waals surface area (Å²) in [6.45, 7) is 2.11. The molecule has 1 aromatic heterocycles. The number of hydrogen-bond donors (Lipinski definition) is 2. The van der Waals surface area contributed by atoms with Gasteiger partial charge < -0.3 is 11.1 Å². The summed E-state index contributed by atoms with van der Waals surface area (Å²) in [6.07, 6.45) is 1.65. The van der Waals surface area contributed by atoms with Gasteiger partial charge in [-0.05, 0) is 24.1 Å². The van der Waals surface area contributed by atoms with Crippen molar-refractivity contribution in [3.63, 3.8) is 0 Å². The summed E-state index contributed by atoms with van der Waals surface area (Å²) in [5, 5.41) is 3.06. The van der Waals surface area contributed by atoms with Gasteiger partial charge in [-0.1, -0.05) is 41.9 Å². The Bertz CT molecular complexity index is 601. The van der Waals surface area contributed by atoms with E-state index < -0.39 is 5.92 Å². The number of pyridine rings is 1. The highest BCUT2D eigenvalue weighted by Gasteiger charge is 2.19. The van der Waals surface area contributed by atoms with Crippen LogP contribution in [0.3, 0.4) is 0 Å². The molecule has 0 bridgehead atoms. The molecule has 0 fully saturated rings. The summed E-state index contributed by atoms with van der Waals surface area (Å²) in [5.41, 5.74) is 8.03. The number of carbonyl (C=O) groups is 1. The van der Waals surface area contributed by atoms with Crippen LogP contribution in [0.1, 0.15) is 17.0 Å². The maximum absolute atomic E-state index is 12.3. The van der Waals surface area contributed by atoms with Gasteiger partial charge in [-0.2, -0.15) is 0 Å². The summed E-state index contributed by atoms with van der Waals surface area (Å²) < 4.78 is 0. The fourth-order valence-corrected chi connectivity index (χ4v) is 2.09. The first-order valence-electron chi connectivity index (χ1n) is 6.30. The number of nitrogens with two attached hydrogens (primary N) is 1. The van der Waals surface area contributed by atoms with E-state index in [2.05, 4.69) is 10.3 Å². The summed E-state index contributed by atoms with van der Waals surface area (Å²) in [4.78, 5) is 16.3. The molecule has 0 saturated heterocycles. The van der Waals surface area contributed by atoms with Crippen LogP contribution in [0.4, 0.5) is 5.69 Å². The molecule has 1 atom stereocenters. The number of halogens is 1. The first-order valence-corrected chi connectivity index (χ1v) is 6.67. The average Bonchev–Trinajstić information content (AvgIpc) is 2.45. The number of amides is 1. The maximum atomic E-state index is 12.3. The van der Waals surface area contributed by atoms with Crippen LogP contribution in [0.2, 0.25) is 5.15 Å². The fraction of sp³-hybridized carbons (Fsp3) is 0.200. The number of aromatic nitrogens is 1. The first-order chi connectivity index (χ1) is 9.61. The number of anilines is 1. The largest absolute Gasteiger partial charge is 0.329 e. The highest BCUT2D eigenvalue weighted by molar-refractivity contribution is 6.32. The molecular formula is C15H16ClN3O. The molecule has 2 aromatic rings. The molecule has 0 radical (unpaired) electrons. The van der Waals surface area contributed by atoms with E-state index in [1.807, 2.05) is 37.3 Å². The number of benzene rings is 1. The zero-order valence-electron chi connectivity index (χ0n) is 11.1. The monoisotopic (exact) mass is 289 g/mol. The van der Waals surface area contributed by atoms with Crippen molar-refractivity contribution in [2.75, 3.05) is 11.9 Å². The van der Waals surface area contributed by atoms with Crippen LogP contribution in [0, 0.1) is 6.92 Å². The Labute approximate surface area is 123 Å². The van der Waals surface area contributed by atoms with Gasteiger partial charge in [0, 0.05) is 12.7 Å². The minimum atomic E-state index is -0.409. The van der Waals surface area contributed by atoms with Crippen molar-refractivity contribution in [1.29, 1.82) is 0 Å². The van der Waals surface area contributed by atoms with Crippen LogP contribution in [0.15, 0.2) is 42.6 Å². The minimum absolute atomic E-state index is 0.187. The highest BCUT2D eigenvalue weighted by atomic mass is 35.5. The quantitative estimate of drug-likeness (QED) is 0.851. The average molecular weight is 290 g/mol. The SMILES string of the molecule is Cc1cnc(Cl)c(NC(=O)C(CN)c2ccccc2)c1. The second kappa shape index (κ2) is 6.50. The van der Waals surface area contributed by atoms with E-state index in [0.717, 1.165) is 11.1 Å². The summed E-state index contributed by atoms with van der Waals surface area (Å²) in [6, 6.07) is 11.2. The van der Waals surface area contributed by atoms with Gasteiger partial charge in [-0.25, -0.2) is 4.98 Å². The topological polar surface area (TPSA) is 68.0 Å². The predicted octanol–water partition coefficient (Wildman–Crippen LogP) is 2.72. The van der Waals surface area contributed by atoms with Crippen molar-refractivity contribution < 1.29 is 4.79 Å². The Morgan fingerprint density at radius 2 is 2.10 bits per heavy atom. The second-order valence-electron chi connectivity index (χ2n) is 4.54. The third kappa shape index (κ3) is 3.35. The lowest BCUT2D eigenvalue weighted by Gasteiger charge is -2.16. The van der Waals surface area contributed by atoms with Crippen LogP contribution in [-0.2, 0) is 4.79 Å². The van der Waals surface area contributed by atoms with Crippen LogP contribution < -0.4 is 11.1 Å². The van der Waals surface area contributed by atoms with Gasteiger partial charge in [0.15, 0.2) is 5.15 Å². The summed E-state index contributed by atoms with van der Waals surface area (Å²) in [5.74, 6) is -0.597. The van der Waals surface area contributed by atoms with E-state index in [9.17, 15) is 4.79 Å². The summed E-state index contributed by atoms with van der Waals surface area (Å²) >= 11 is 5.98. The van der Waals surface area contributed by atoms with Crippen molar-refractivity contribution in [3.8, 4) is 0 Å². The molecule has 1 unspecified atom stereocenters. The van der Waals surface area contributed by atoms with Crippen molar-refractivity contribution in [2.24, 2.45) is 5.73 Å². The Kier molecular flexibility index (Phi) is 4.71. The molecule has 104 valence electrons. The van der Waals surface area contributed by atoms with Gasteiger partial charge in [0.05, 0.1) is 11.6 Å². The van der Waals surface area contributed by atoms with Gasteiger partial charge in [-0.15, -0.1) is 0 Å². The van der Waals surface area contributed by atoms with E-state index in [1.165, 1.54) is 0 Å². The van der Waals surface area contributed by atoms with Crippen LogP contribution in [-0.4, -0.2) is 17.4 Å². The Morgan fingerprint density at radius 1 is 1.40 bits per heavy atom. The molecule has 20 heavy (non-hydrogen) atoms. The van der Waals surface area contributed by atoms with Crippen LogP contribution in [0.5, 0.6) is 0 Å². The lowest BCUT2D eigenvalue weighted by atomic mass is 9.98. The third-order valence-corrected chi connectivity index (χ3v) is 3.29. The standard InChI is InChI=1S/C15H16ClN3O/c1-10-7-13(14(16)18-9-10)19-15(20)12(8-17)11-5-3-2-4-6-11/h2-7,9,12H,8,17H2,1H3,(H,19,20). The Balaban J connectivity index is 2.20. The van der Waals surface area contributed by atoms with Crippen molar-refractivity contribution in [2.45, 2.75) is 12.8 Å². The van der Waals surface area contributed by atoms with E-state index >= 15 is 0 Å². The van der Waals surface area contributed by atoms with E-state index in [-0.39, 0.29) is 17.6 Å². The Hall–Kier alpha value is -1.91. The maximum Gasteiger partial charge on any atom is 0.233 e.